The molecule has 0 aliphatic rings. The summed E-state index contributed by atoms with van der Waals surface area (Å²) in [6, 6.07) is 14.7. The number of carbonyl (C=O) groups excluding carboxylic acids is 2. The topological polar surface area (TPSA) is 73.9 Å². The number of benzene rings is 2. The first-order chi connectivity index (χ1) is 12.6. The molecule has 0 bridgehead atoms. The Balaban J connectivity index is 1.63. The third-order valence-corrected chi connectivity index (χ3v) is 3.56. The standard InChI is InChI=1S/C20H23NO5/c1-15-9-11-16(12-10-15)25-13-5-8-20(23)26-14-19(22)21-17-6-3-4-7-18(17)24-2/h3-4,6-7,9-12H,5,8,13-14H2,1-2H3,(H,21,22). The lowest BCUT2D eigenvalue weighted by atomic mass is 10.2. The van der Waals surface area contributed by atoms with Crippen LogP contribution in [0.3, 0.4) is 0 Å². The second-order valence-corrected chi connectivity index (χ2v) is 5.67. The largest absolute Gasteiger partial charge is 0.495 e. The molecule has 6 heteroatoms. The van der Waals surface area contributed by atoms with Gasteiger partial charge in [0.15, 0.2) is 6.61 Å². The van der Waals surface area contributed by atoms with Crippen LogP contribution in [0.2, 0.25) is 0 Å². The summed E-state index contributed by atoms with van der Waals surface area (Å²) >= 11 is 0. The number of esters is 1. The van der Waals surface area contributed by atoms with Crippen LogP contribution in [0.5, 0.6) is 11.5 Å². The van der Waals surface area contributed by atoms with Crippen molar-refractivity contribution >= 4 is 17.6 Å². The highest BCUT2D eigenvalue weighted by molar-refractivity contribution is 5.94. The number of hydrogen-bond acceptors (Lipinski definition) is 5. The Hall–Kier alpha value is -3.02. The molecule has 0 heterocycles. The van der Waals surface area contributed by atoms with E-state index in [1.165, 1.54) is 7.11 Å². The molecule has 0 saturated carbocycles. The van der Waals surface area contributed by atoms with Gasteiger partial charge in [-0.05, 0) is 37.6 Å². The van der Waals surface area contributed by atoms with Crippen LogP contribution in [0.15, 0.2) is 48.5 Å². The summed E-state index contributed by atoms with van der Waals surface area (Å²) < 4.78 is 15.7. The van der Waals surface area contributed by atoms with Gasteiger partial charge in [-0.1, -0.05) is 29.8 Å². The monoisotopic (exact) mass is 357 g/mol. The van der Waals surface area contributed by atoms with Gasteiger partial charge in [0.1, 0.15) is 11.5 Å². The molecule has 138 valence electrons. The molecule has 0 radical (unpaired) electrons. The Kier molecular flexibility index (Phi) is 7.49. The van der Waals surface area contributed by atoms with Crippen LogP contribution in [0.1, 0.15) is 18.4 Å². The normalized spacial score (nSPS) is 10.1. The Bertz CT molecular complexity index is 727. The Morgan fingerprint density at radius 2 is 1.77 bits per heavy atom. The molecule has 0 aliphatic carbocycles. The number of methoxy groups -OCH3 is 1. The SMILES string of the molecule is COc1ccccc1NC(=O)COC(=O)CCCOc1ccc(C)cc1. The maximum atomic E-state index is 11.9. The first kappa shape index (κ1) is 19.3. The maximum absolute atomic E-state index is 11.9. The van der Waals surface area contributed by atoms with Crippen LogP contribution in [0, 0.1) is 6.92 Å². The number of ether oxygens (including phenoxy) is 3. The van der Waals surface area contributed by atoms with Gasteiger partial charge in [0.2, 0.25) is 0 Å². The zero-order chi connectivity index (χ0) is 18.8. The molecule has 0 aromatic heterocycles. The van der Waals surface area contributed by atoms with Crippen molar-refractivity contribution < 1.29 is 23.8 Å². The van der Waals surface area contributed by atoms with E-state index in [1.54, 1.807) is 24.3 Å². The van der Waals surface area contributed by atoms with E-state index in [0.717, 1.165) is 11.3 Å². The third-order valence-electron chi connectivity index (χ3n) is 3.56. The lowest BCUT2D eigenvalue weighted by Gasteiger charge is -2.10. The summed E-state index contributed by atoms with van der Waals surface area (Å²) in [7, 11) is 1.52. The smallest absolute Gasteiger partial charge is 0.306 e. The fourth-order valence-electron chi connectivity index (χ4n) is 2.19. The van der Waals surface area contributed by atoms with E-state index < -0.39 is 11.9 Å². The van der Waals surface area contributed by atoms with Crippen LogP contribution in [-0.2, 0) is 14.3 Å². The van der Waals surface area contributed by atoms with Crippen molar-refractivity contribution in [1.29, 1.82) is 0 Å². The average molecular weight is 357 g/mol. The number of carbonyl (C=O) groups is 2. The van der Waals surface area contributed by atoms with Crippen molar-refractivity contribution in [3.8, 4) is 11.5 Å². The van der Waals surface area contributed by atoms with Crippen molar-refractivity contribution in [1.82, 2.24) is 0 Å². The number of anilines is 1. The number of rotatable bonds is 9. The van der Waals surface area contributed by atoms with E-state index in [9.17, 15) is 9.59 Å². The summed E-state index contributed by atoms with van der Waals surface area (Å²) in [5, 5.41) is 2.64. The molecule has 2 rings (SSSR count). The van der Waals surface area contributed by atoms with E-state index in [1.807, 2.05) is 31.2 Å². The molecule has 2 aromatic carbocycles. The highest BCUT2D eigenvalue weighted by Gasteiger charge is 2.10. The minimum atomic E-state index is -0.437. The summed E-state index contributed by atoms with van der Waals surface area (Å²) in [4.78, 5) is 23.6. The van der Waals surface area contributed by atoms with Crippen LogP contribution < -0.4 is 14.8 Å². The quantitative estimate of drug-likeness (QED) is 0.550. The molecule has 0 atom stereocenters. The highest BCUT2D eigenvalue weighted by atomic mass is 16.5. The van der Waals surface area contributed by atoms with Gasteiger partial charge < -0.3 is 19.5 Å². The lowest BCUT2D eigenvalue weighted by Crippen LogP contribution is -2.21. The number of aryl methyl sites for hydroxylation is 1. The van der Waals surface area contributed by atoms with E-state index in [-0.39, 0.29) is 13.0 Å². The molecule has 0 unspecified atom stereocenters. The summed E-state index contributed by atoms with van der Waals surface area (Å²) in [5.74, 6) is 0.451. The van der Waals surface area contributed by atoms with Gasteiger partial charge in [-0.3, -0.25) is 9.59 Å². The third kappa shape index (κ3) is 6.47. The first-order valence-corrected chi connectivity index (χ1v) is 8.36. The Labute approximate surface area is 153 Å². The molecule has 0 aliphatic heterocycles. The fraction of sp³-hybridized carbons (Fsp3) is 0.300. The number of nitrogens with one attached hydrogen (secondary N) is 1. The molecule has 6 nitrogen and oxygen atoms in total. The van der Waals surface area contributed by atoms with Gasteiger partial charge in [-0.25, -0.2) is 0 Å². The molecule has 0 spiro atoms. The molecule has 26 heavy (non-hydrogen) atoms. The second-order valence-electron chi connectivity index (χ2n) is 5.67. The number of para-hydroxylation sites is 2. The average Bonchev–Trinajstić information content (AvgIpc) is 2.65. The Morgan fingerprint density at radius 1 is 1.04 bits per heavy atom. The van der Waals surface area contributed by atoms with Gasteiger partial charge in [-0.2, -0.15) is 0 Å². The van der Waals surface area contributed by atoms with E-state index in [4.69, 9.17) is 14.2 Å². The number of amides is 1. The van der Waals surface area contributed by atoms with E-state index in [2.05, 4.69) is 5.32 Å². The van der Waals surface area contributed by atoms with Crippen molar-refractivity contribution in [3.63, 3.8) is 0 Å². The number of hydrogen-bond donors (Lipinski definition) is 1. The fourth-order valence-corrected chi connectivity index (χ4v) is 2.19. The van der Waals surface area contributed by atoms with Crippen molar-refractivity contribution in [3.05, 3.63) is 54.1 Å². The predicted octanol–water partition coefficient (Wildman–Crippen LogP) is 3.34. The van der Waals surface area contributed by atoms with Crippen LogP contribution in [0.25, 0.3) is 0 Å². The van der Waals surface area contributed by atoms with Gasteiger partial charge in [0.25, 0.3) is 5.91 Å². The van der Waals surface area contributed by atoms with E-state index in [0.29, 0.717) is 24.5 Å². The second kappa shape index (κ2) is 10.1. The summed E-state index contributed by atoms with van der Waals surface area (Å²) in [5.41, 5.74) is 1.69. The molecule has 1 amide bonds. The molecule has 0 saturated heterocycles. The predicted molar refractivity (Wildman–Crippen MR) is 98.5 cm³/mol. The molecular formula is C20H23NO5. The molecular weight excluding hydrogens is 334 g/mol. The summed E-state index contributed by atoms with van der Waals surface area (Å²) in [6.45, 7) is 2.07. The van der Waals surface area contributed by atoms with Gasteiger partial charge in [-0.15, -0.1) is 0 Å². The zero-order valence-electron chi connectivity index (χ0n) is 15.0. The molecule has 0 fully saturated rings. The summed E-state index contributed by atoms with van der Waals surface area (Å²) in [6.07, 6.45) is 0.703. The van der Waals surface area contributed by atoms with Crippen molar-refractivity contribution in [2.45, 2.75) is 19.8 Å². The highest BCUT2D eigenvalue weighted by Crippen LogP contribution is 2.22. The van der Waals surface area contributed by atoms with Crippen LogP contribution in [0.4, 0.5) is 5.69 Å². The molecule has 2 aromatic rings. The van der Waals surface area contributed by atoms with Crippen molar-refractivity contribution in [2.24, 2.45) is 0 Å². The lowest BCUT2D eigenvalue weighted by molar-refractivity contribution is -0.147. The van der Waals surface area contributed by atoms with Gasteiger partial charge in [0, 0.05) is 6.42 Å². The van der Waals surface area contributed by atoms with Gasteiger partial charge in [0.05, 0.1) is 19.4 Å². The van der Waals surface area contributed by atoms with E-state index >= 15 is 0 Å². The van der Waals surface area contributed by atoms with Crippen molar-refractivity contribution in [2.75, 3.05) is 25.6 Å². The van der Waals surface area contributed by atoms with Gasteiger partial charge >= 0.3 is 5.97 Å². The maximum Gasteiger partial charge on any atom is 0.306 e. The Morgan fingerprint density at radius 3 is 2.50 bits per heavy atom. The zero-order valence-corrected chi connectivity index (χ0v) is 15.0. The minimum absolute atomic E-state index is 0.188. The minimum Gasteiger partial charge on any atom is -0.495 e. The molecule has 1 N–H and O–H groups in total. The van der Waals surface area contributed by atoms with Crippen LogP contribution >= 0.6 is 0 Å². The first-order valence-electron chi connectivity index (χ1n) is 8.36. The van der Waals surface area contributed by atoms with Crippen LogP contribution in [-0.4, -0.2) is 32.2 Å².